The first-order valence-corrected chi connectivity index (χ1v) is 7.50. The average molecular weight is 267 g/mol. The third-order valence-electron chi connectivity index (χ3n) is 4.32. The van der Waals surface area contributed by atoms with Crippen molar-refractivity contribution in [3.63, 3.8) is 0 Å². The van der Waals surface area contributed by atoms with Gasteiger partial charge in [-0.15, -0.1) is 0 Å². The molecule has 20 heavy (non-hydrogen) atoms. The van der Waals surface area contributed by atoms with Gasteiger partial charge in [-0.2, -0.15) is 0 Å². The molecule has 0 atom stereocenters. The molecule has 1 N–H and O–H groups in total. The lowest BCUT2D eigenvalue weighted by molar-refractivity contribution is -0.121. The molecule has 0 bridgehead atoms. The van der Waals surface area contributed by atoms with Crippen LogP contribution in [0.5, 0.6) is 0 Å². The van der Waals surface area contributed by atoms with Crippen LogP contribution in [0.15, 0.2) is 42.5 Å². The molecule has 0 aliphatic heterocycles. The van der Waals surface area contributed by atoms with Gasteiger partial charge < -0.3 is 5.32 Å². The highest BCUT2D eigenvalue weighted by atomic mass is 16.1. The first-order valence-electron chi connectivity index (χ1n) is 7.50. The molecule has 2 aromatic rings. The highest BCUT2D eigenvalue weighted by Gasteiger charge is 2.45. The number of nitrogens with one attached hydrogen (secondary N) is 1. The van der Waals surface area contributed by atoms with Crippen LogP contribution in [0.3, 0.4) is 0 Å². The average Bonchev–Trinajstić information content (AvgIpc) is 3.26. The summed E-state index contributed by atoms with van der Waals surface area (Å²) in [6, 6.07) is 15.0. The highest BCUT2D eigenvalue weighted by molar-refractivity contribution is 5.87. The zero-order valence-electron chi connectivity index (χ0n) is 12.0. The summed E-state index contributed by atoms with van der Waals surface area (Å²) in [4.78, 5) is 11.7. The van der Waals surface area contributed by atoms with Gasteiger partial charge in [-0.25, -0.2) is 0 Å². The van der Waals surface area contributed by atoms with Crippen LogP contribution in [0, 0.1) is 0 Å². The fourth-order valence-electron chi connectivity index (χ4n) is 2.96. The summed E-state index contributed by atoms with van der Waals surface area (Å²) in [5.41, 5.74) is 1.57. The Balaban J connectivity index is 1.85. The lowest BCUT2D eigenvalue weighted by Gasteiger charge is -2.19. The maximum absolute atomic E-state index is 11.7. The molecule has 1 aliphatic carbocycles. The summed E-state index contributed by atoms with van der Waals surface area (Å²) in [7, 11) is 0. The van der Waals surface area contributed by atoms with E-state index in [1.54, 1.807) is 0 Å². The molecule has 2 nitrogen and oxygen atoms in total. The Morgan fingerprint density at radius 3 is 2.65 bits per heavy atom. The van der Waals surface area contributed by atoms with Gasteiger partial charge in [-0.3, -0.25) is 4.79 Å². The second-order valence-electron chi connectivity index (χ2n) is 5.83. The number of carbonyl (C=O) groups excluding carboxylic acids is 1. The SMILES string of the molecule is CCCC(=O)NCC1(c2cccc3ccccc23)CC1. The molecule has 0 radical (unpaired) electrons. The van der Waals surface area contributed by atoms with E-state index in [9.17, 15) is 4.79 Å². The number of carbonyl (C=O) groups is 1. The van der Waals surface area contributed by atoms with Gasteiger partial charge in [0.1, 0.15) is 0 Å². The van der Waals surface area contributed by atoms with E-state index in [1.807, 2.05) is 6.92 Å². The van der Waals surface area contributed by atoms with Crippen LogP contribution in [-0.4, -0.2) is 12.5 Å². The molecule has 2 aromatic carbocycles. The minimum atomic E-state index is 0.171. The summed E-state index contributed by atoms with van der Waals surface area (Å²) in [6.07, 6.45) is 3.89. The summed E-state index contributed by atoms with van der Waals surface area (Å²) in [5, 5.41) is 5.73. The van der Waals surface area contributed by atoms with E-state index in [1.165, 1.54) is 29.2 Å². The quantitative estimate of drug-likeness (QED) is 0.877. The van der Waals surface area contributed by atoms with Crippen LogP contribution in [0.1, 0.15) is 38.2 Å². The van der Waals surface area contributed by atoms with E-state index < -0.39 is 0 Å². The first kappa shape index (κ1) is 13.2. The summed E-state index contributed by atoms with van der Waals surface area (Å²) in [6.45, 7) is 2.82. The van der Waals surface area contributed by atoms with Crippen molar-refractivity contribution in [3.05, 3.63) is 48.0 Å². The van der Waals surface area contributed by atoms with Gasteiger partial charge in [0.05, 0.1) is 0 Å². The van der Waals surface area contributed by atoms with Crippen molar-refractivity contribution in [3.8, 4) is 0 Å². The number of benzene rings is 2. The molecule has 0 unspecified atom stereocenters. The molecule has 3 rings (SSSR count). The van der Waals surface area contributed by atoms with Crippen LogP contribution in [-0.2, 0) is 10.2 Å². The third kappa shape index (κ3) is 2.43. The zero-order chi connectivity index (χ0) is 14.0. The second kappa shape index (κ2) is 5.28. The topological polar surface area (TPSA) is 29.1 Å². The molecule has 0 spiro atoms. The monoisotopic (exact) mass is 267 g/mol. The van der Waals surface area contributed by atoms with Crippen LogP contribution in [0.4, 0.5) is 0 Å². The Bertz CT molecular complexity index is 623. The van der Waals surface area contributed by atoms with Crippen LogP contribution >= 0.6 is 0 Å². The standard InChI is InChI=1S/C18H21NO/c1-2-6-17(20)19-13-18(11-12-18)16-10-5-8-14-7-3-4-9-15(14)16/h3-5,7-10H,2,6,11-13H2,1H3,(H,19,20). The van der Waals surface area contributed by atoms with Gasteiger partial charge >= 0.3 is 0 Å². The van der Waals surface area contributed by atoms with Crippen molar-refractivity contribution < 1.29 is 4.79 Å². The predicted octanol–water partition coefficient (Wildman–Crippen LogP) is 3.79. The Hall–Kier alpha value is -1.83. The molecule has 1 saturated carbocycles. The van der Waals surface area contributed by atoms with Crippen LogP contribution in [0.25, 0.3) is 10.8 Å². The minimum Gasteiger partial charge on any atom is -0.355 e. The van der Waals surface area contributed by atoms with Crippen molar-refractivity contribution in [1.82, 2.24) is 5.32 Å². The van der Waals surface area contributed by atoms with E-state index in [4.69, 9.17) is 0 Å². The smallest absolute Gasteiger partial charge is 0.220 e. The van der Waals surface area contributed by atoms with Gasteiger partial charge in [0.25, 0.3) is 0 Å². The van der Waals surface area contributed by atoms with Crippen molar-refractivity contribution in [2.45, 2.75) is 38.0 Å². The number of rotatable bonds is 5. The number of hydrogen-bond acceptors (Lipinski definition) is 1. The van der Waals surface area contributed by atoms with E-state index in [2.05, 4.69) is 47.8 Å². The summed E-state index contributed by atoms with van der Waals surface area (Å²) < 4.78 is 0. The lowest BCUT2D eigenvalue weighted by atomic mass is 9.90. The summed E-state index contributed by atoms with van der Waals surface area (Å²) in [5.74, 6) is 0.180. The molecule has 1 fully saturated rings. The number of fused-ring (bicyclic) bond motifs is 1. The van der Waals surface area contributed by atoms with Gasteiger partial charge in [-0.1, -0.05) is 49.4 Å². The Labute approximate surface area is 120 Å². The lowest BCUT2D eigenvalue weighted by Crippen LogP contribution is -2.32. The molecule has 0 heterocycles. The van der Waals surface area contributed by atoms with Crippen LogP contribution < -0.4 is 5.32 Å². The van der Waals surface area contributed by atoms with E-state index in [0.29, 0.717) is 6.42 Å². The van der Waals surface area contributed by atoms with E-state index >= 15 is 0 Å². The maximum atomic E-state index is 11.7. The van der Waals surface area contributed by atoms with E-state index in [0.717, 1.165) is 13.0 Å². The van der Waals surface area contributed by atoms with Crippen molar-refractivity contribution in [2.24, 2.45) is 0 Å². The van der Waals surface area contributed by atoms with Crippen molar-refractivity contribution in [1.29, 1.82) is 0 Å². The molecule has 0 saturated heterocycles. The molecule has 104 valence electrons. The van der Waals surface area contributed by atoms with Crippen molar-refractivity contribution in [2.75, 3.05) is 6.54 Å². The molecule has 1 aliphatic rings. The maximum Gasteiger partial charge on any atom is 0.220 e. The van der Waals surface area contributed by atoms with Gasteiger partial charge in [-0.05, 0) is 35.6 Å². The first-order chi connectivity index (χ1) is 9.75. The Morgan fingerprint density at radius 2 is 1.90 bits per heavy atom. The second-order valence-corrected chi connectivity index (χ2v) is 5.83. The highest BCUT2D eigenvalue weighted by Crippen LogP contribution is 2.49. The zero-order valence-corrected chi connectivity index (χ0v) is 12.0. The van der Waals surface area contributed by atoms with Gasteiger partial charge in [0.2, 0.25) is 5.91 Å². The predicted molar refractivity (Wildman–Crippen MR) is 82.8 cm³/mol. The van der Waals surface area contributed by atoms with Crippen molar-refractivity contribution >= 4 is 16.7 Å². The van der Waals surface area contributed by atoms with Gasteiger partial charge in [0.15, 0.2) is 0 Å². The molecule has 2 heteroatoms. The number of hydrogen-bond donors (Lipinski definition) is 1. The molecule has 1 amide bonds. The van der Waals surface area contributed by atoms with Gasteiger partial charge in [0, 0.05) is 18.4 Å². The normalized spacial score (nSPS) is 16.1. The Kier molecular flexibility index (Phi) is 3.47. The minimum absolute atomic E-state index is 0.171. The molecular weight excluding hydrogens is 246 g/mol. The Morgan fingerprint density at radius 1 is 1.15 bits per heavy atom. The largest absolute Gasteiger partial charge is 0.355 e. The molecule has 0 aromatic heterocycles. The fourth-order valence-corrected chi connectivity index (χ4v) is 2.96. The third-order valence-corrected chi connectivity index (χ3v) is 4.32. The fraction of sp³-hybridized carbons (Fsp3) is 0.389. The molecular formula is C18H21NO. The summed E-state index contributed by atoms with van der Waals surface area (Å²) >= 11 is 0. The number of amides is 1. The van der Waals surface area contributed by atoms with Crippen LogP contribution in [0.2, 0.25) is 0 Å². The van der Waals surface area contributed by atoms with E-state index in [-0.39, 0.29) is 11.3 Å².